The fourth-order valence-electron chi connectivity index (χ4n) is 7.08. The van der Waals surface area contributed by atoms with Crippen LogP contribution in [0.3, 0.4) is 0 Å². The standard InChI is InChI=1S/C56H95NO7/c1-6-8-10-12-14-16-18-20-22-24-25-26-27-28-29-31-32-34-36-38-40-42-44-46-54(58)63-51-52(50-62-49-48-53(56(60)61)57(3,4)5)64-55(59)47-45-43-41-39-37-35-33-30-23-21-19-17-15-13-11-9-7-2/h8,10,14-17,20-23,33,35,39,41,52-53H,6-7,9,11-13,18-19,24-32,34,36-38,40,42-51H2,1-5H3/b10-8+,16-14+,17-15+,22-20+,23-21+,35-33+,41-39+. The van der Waals surface area contributed by atoms with Gasteiger partial charge in [0.05, 0.1) is 40.3 Å². The Balaban J connectivity index is 4.29. The molecule has 0 radical (unpaired) electrons. The van der Waals surface area contributed by atoms with E-state index in [0.29, 0.717) is 12.8 Å². The summed E-state index contributed by atoms with van der Waals surface area (Å²) in [6.07, 6.45) is 60.5. The van der Waals surface area contributed by atoms with Gasteiger partial charge in [-0.15, -0.1) is 0 Å². The van der Waals surface area contributed by atoms with Gasteiger partial charge in [-0.2, -0.15) is 0 Å². The van der Waals surface area contributed by atoms with E-state index in [9.17, 15) is 19.5 Å². The number of unbranched alkanes of at least 4 members (excludes halogenated alkanes) is 17. The van der Waals surface area contributed by atoms with Crippen LogP contribution in [0.4, 0.5) is 0 Å². The Morgan fingerprint density at radius 1 is 0.484 bits per heavy atom. The second-order valence-corrected chi connectivity index (χ2v) is 18.0. The minimum Gasteiger partial charge on any atom is -0.544 e. The fourth-order valence-corrected chi connectivity index (χ4v) is 7.08. The lowest BCUT2D eigenvalue weighted by Gasteiger charge is -2.34. The van der Waals surface area contributed by atoms with Crippen LogP contribution in [0, 0.1) is 0 Å². The average molecular weight is 894 g/mol. The number of carbonyl (C=O) groups is 3. The zero-order valence-electron chi connectivity index (χ0n) is 41.7. The number of allylic oxidation sites excluding steroid dienone is 14. The summed E-state index contributed by atoms with van der Waals surface area (Å²) in [5.74, 6) is -1.81. The summed E-state index contributed by atoms with van der Waals surface area (Å²) >= 11 is 0. The molecule has 0 spiro atoms. The van der Waals surface area contributed by atoms with Crippen molar-refractivity contribution in [3.8, 4) is 0 Å². The molecular formula is C56H95NO7. The maximum Gasteiger partial charge on any atom is 0.306 e. The van der Waals surface area contributed by atoms with Crippen LogP contribution in [0.2, 0.25) is 0 Å². The molecular weight excluding hydrogens is 799 g/mol. The molecule has 0 aliphatic rings. The molecule has 0 aromatic carbocycles. The van der Waals surface area contributed by atoms with Crippen LogP contribution in [0.1, 0.15) is 200 Å². The minimum atomic E-state index is -1.14. The molecule has 0 N–H and O–H groups in total. The zero-order chi connectivity index (χ0) is 47.0. The topological polar surface area (TPSA) is 102 Å². The van der Waals surface area contributed by atoms with Gasteiger partial charge in [-0.1, -0.05) is 182 Å². The number of carbonyl (C=O) groups excluding carboxylic acids is 3. The van der Waals surface area contributed by atoms with Crippen molar-refractivity contribution in [2.75, 3.05) is 41.0 Å². The molecule has 8 nitrogen and oxygen atoms in total. The first-order valence-electron chi connectivity index (χ1n) is 25.6. The summed E-state index contributed by atoms with van der Waals surface area (Å²) < 4.78 is 17.2. The van der Waals surface area contributed by atoms with Crippen LogP contribution in [-0.4, -0.2) is 75.5 Å². The fraction of sp³-hybridized carbons (Fsp3) is 0.696. The number of hydrogen-bond acceptors (Lipinski definition) is 7. The minimum absolute atomic E-state index is 0.0152. The summed E-state index contributed by atoms with van der Waals surface area (Å²) in [7, 11) is 5.39. The highest BCUT2D eigenvalue weighted by atomic mass is 16.6. The molecule has 8 heteroatoms. The van der Waals surface area contributed by atoms with Crippen LogP contribution in [0.5, 0.6) is 0 Å². The molecule has 0 rings (SSSR count). The number of aliphatic carboxylic acids is 1. The van der Waals surface area contributed by atoms with Gasteiger partial charge in [0.1, 0.15) is 12.6 Å². The molecule has 64 heavy (non-hydrogen) atoms. The predicted octanol–water partition coefficient (Wildman–Crippen LogP) is 13.5. The van der Waals surface area contributed by atoms with Gasteiger partial charge in [0.15, 0.2) is 6.10 Å². The normalized spacial score (nSPS) is 13.6. The van der Waals surface area contributed by atoms with E-state index in [1.165, 1.54) is 96.3 Å². The number of hydrogen-bond donors (Lipinski definition) is 0. The summed E-state index contributed by atoms with van der Waals surface area (Å²) in [6.45, 7) is 4.47. The van der Waals surface area contributed by atoms with Crippen molar-refractivity contribution < 1.29 is 38.2 Å². The van der Waals surface area contributed by atoms with Crippen molar-refractivity contribution in [3.05, 3.63) is 85.1 Å². The van der Waals surface area contributed by atoms with Gasteiger partial charge in [-0.25, -0.2) is 0 Å². The van der Waals surface area contributed by atoms with E-state index < -0.39 is 18.1 Å². The highest BCUT2D eigenvalue weighted by Crippen LogP contribution is 2.15. The number of quaternary nitrogens is 1. The molecule has 366 valence electrons. The summed E-state index contributed by atoms with van der Waals surface area (Å²) in [5, 5.41) is 11.7. The SMILES string of the molecule is CC/C=C/C/C=C/C/C=C/CCCCCCCCCCCCCCCC(=O)OCC(COCCC(C(=O)[O-])[N+](C)(C)C)OC(=O)CCC/C=C/C/C=C/C/C=C/C/C=C/CCCCC. The van der Waals surface area contributed by atoms with E-state index in [0.717, 1.165) is 64.2 Å². The van der Waals surface area contributed by atoms with Gasteiger partial charge < -0.3 is 28.6 Å². The van der Waals surface area contributed by atoms with Crippen LogP contribution in [-0.2, 0) is 28.6 Å². The number of carboxylic acid groups (broad SMARTS) is 1. The third kappa shape index (κ3) is 43.7. The van der Waals surface area contributed by atoms with Crippen LogP contribution in [0.25, 0.3) is 0 Å². The quantitative estimate of drug-likeness (QED) is 0.0260. The van der Waals surface area contributed by atoms with Crippen LogP contribution >= 0.6 is 0 Å². The van der Waals surface area contributed by atoms with Crippen LogP contribution in [0.15, 0.2) is 85.1 Å². The third-order valence-electron chi connectivity index (χ3n) is 11.0. The first-order valence-corrected chi connectivity index (χ1v) is 25.6. The average Bonchev–Trinajstić information content (AvgIpc) is 3.26. The van der Waals surface area contributed by atoms with Gasteiger partial charge >= 0.3 is 11.9 Å². The van der Waals surface area contributed by atoms with E-state index in [1.54, 1.807) is 21.1 Å². The predicted molar refractivity (Wildman–Crippen MR) is 268 cm³/mol. The Morgan fingerprint density at radius 2 is 0.891 bits per heavy atom. The molecule has 0 aliphatic carbocycles. The maximum absolute atomic E-state index is 12.7. The zero-order valence-corrected chi connectivity index (χ0v) is 41.7. The van der Waals surface area contributed by atoms with Gasteiger partial charge in [-0.3, -0.25) is 9.59 Å². The number of nitrogens with zero attached hydrogens (tertiary/aromatic N) is 1. The van der Waals surface area contributed by atoms with Crippen molar-refractivity contribution in [1.29, 1.82) is 0 Å². The van der Waals surface area contributed by atoms with Gasteiger partial charge in [0.25, 0.3) is 0 Å². The molecule has 0 bridgehead atoms. The molecule has 0 saturated heterocycles. The van der Waals surface area contributed by atoms with Crippen molar-refractivity contribution in [2.24, 2.45) is 0 Å². The molecule has 0 aliphatic heterocycles. The highest BCUT2D eigenvalue weighted by Gasteiger charge is 2.25. The second-order valence-electron chi connectivity index (χ2n) is 18.0. The maximum atomic E-state index is 12.7. The van der Waals surface area contributed by atoms with Crippen LogP contribution < -0.4 is 5.11 Å². The largest absolute Gasteiger partial charge is 0.544 e. The number of ether oxygens (including phenoxy) is 3. The molecule has 2 atom stereocenters. The van der Waals surface area contributed by atoms with E-state index in [-0.39, 0.29) is 49.1 Å². The molecule has 0 saturated carbocycles. The van der Waals surface area contributed by atoms with Crippen molar-refractivity contribution in [1.82, 2.24) is 0 Å². The smallest absolute Gasteiger partial charge is 0.306 e. The first-order chi connectivity index (χ1) is 31.1. The lowest BCUT2D eigenvalue weighted by molar-refractivity contribution is -0.889. The highest BCUT2D eigenvalue weighted by molar-refractivity contribution is 5.70. The van der Waals surface area contributed by atoms with Crippen molar-refractivity contribution >= 4 is 17.9 Å². The molecule has 0 fully saturated rings. The van der Waals surface area contributed by atoms with Crippen molar-refractivity contribution in [3.63, 3.8) is 0 Å². The lowest BCUT2D eigenvalue weighted by atomic mass is 10.0. The third-order valence-corrected chi connectivity index (χ3v) is 11.0. The Bertz CT molecular complexity index is 1320. The van der Waals surface area contributed by atoms with Gasteiger partial charge in [0, 0.05) is 19.3 Å². The van der Waals surface area contributed by atoms with E-state index >= 15 is 0 Å². The Hall–Kier alpha value is -3.49. The molecule has 0 aromatic rings. The van der Waals surface area contributed by atoms with Gasteiger partial charge in [0.2, 0.25) is 0 Å². The number of carboxylic acids is 1. The number of likely N-dealkylation sites (N-methyl/N-ethyl adjacent to an activating group) is 1. The van der Waals surface area contributed by atoms with E-state index in [4.69, 9.17) is 14.2 Å². The molecule has 0 heterocycles. The Labute approximate surface area is 393 Å². The van der Waals surface area contributed by atoms with E-state index in [1.807, 2.05) is 0 Å². The first kappa shape index (κ1) is 60.5. The Kier molecular flexibility index (Phi) is 43.5. The number of rotatable bonds is 45. The molecule has 0 aromatic heterocycles. The summed E-state index contributed by atoms with van der Waals surface area (Å²) in [6, 6.07) is -0.740. The second kappa shape index (κ2) is 46.1. The van der Waals surface area contributed by atoms with Crippen molar-refractivity contribution in [2.45, 2.75) is 212 Å². The summed E-state index contributed by atoms with van der Waals surface area (Å²) in [4.78, 5) is 37.0. The monoisotopic (exact) mass is 894 g/mol. The molecule has 0 amide bonds. The lowest BCUT2D eigenvalue weighted by Crippen LogP contribution is -2.55. The van der Waals surface area contributed by atoms with Gasteiger partial charge in [-0.05, 0) is 83.5 Å². The molecule has 2 unspecified atom stereocenters. The Morgan fingerprint density at radius 3 is 1.34 bits per heavy atom. The summed E-state index contributed by atoms with van der Waals surface area (Å²) in [5.41, 5.74) is 0. The van der Waals surface area contributed by atoms with E-state index in [2.05, 4.69) is 98.9 Å². The number of esters is 2.